The summed E-state index contributed by atoms with van der Waals surface area (Å²) in [5.41, 5.74) is 1.04. The zero-order chi connectivity index (χ0) is 15.2. The van der Waals surface area contributed by atoms with Crippen LogP contribution < -0.4 is 15.4 Å². The molecule has 1 aromatic rings. The van der Waals surface area contributed by atoms with Crippen molar-refractivity contribution in [3.63, 3.8) is 0 Å². The minimum atomic E-state index is -0.0564. The van der Waals surface area contributed by atoms with Gasteiger partial charge in [0.15, 0.2) is 0 Å². The monoisotopic (exact) mass is 278 g/mol. The smallest absolute Gasteiger partial charge is 0.234 e. The van der Waals surface area contributed by atoms with Crippen molar-refractivity contribution in [2.24, 2.45) is 0 Å². The maximum Gasteiger partial charge on any atom is 0.234 e. The van der Waals surface area contributed by atoms with Crippen LogP contribution in [0, 0.1) is 0 Å². The number of benzene rings is 1. The Labute approximate surface area is 121 Å². The summed E-state index contributed by atoms with van der Waals surface area (Å²) in [5, 5.41) is 6.24. The van der Waals surface area contributed by atoms with Crippen molar-refractivity contribution in [3.8, 4) is 5.75 Å². The second kappa shape index (κ2) is 7.29. The largest absolute Gasteiger partial charge is 0.497 e. The van der Waals surface area contributed by atoms with Gasteiger partial charge in [-0.1, -0.05) is 19.1 Å². The van der Waals surface area contributed by atoms with Gasteiger partial charge >= 0.3 is 0 Å². The molecule has 0 aromatic heterocycles. The molecule has 1 atom stereocenters. The first kappa shape index (κ1) is 16.5. The number of ether oxygens (including phenoxy) is 1. The van der Waals surface area contributed by atoms with Crippen LogP contribution in [0.5, 0.6) is 5.75 Å². The summed E-state index contributed by atoms with van der Waals surface area (Å²) in [6.45, 7) is 8.52. The van der Waals surface area contributed by atoms with Gasteiger partial charge in [0.1, 0.15) is 5.75 Å². The highest BCUT2D eigenvalue weighted by Crippen LogP contribution is 2.19. The molecule has 1 unspecified atom stereocenters. The van der Waals surface area contributed by atoms with Crippen LogP contribution >= 0.6 is 0 Å². The first-order chi connectivity index (χ1) is 9.35. The molecule has 0 aliphatic rings. The summed E-state index contributed by atoms with van der Waals surface area (Å²) in [7, 11) is 1.65. The highest BCUT2D eigenvalue weighted by atomic mass is 16.5. The maximum atomic E-state index is 12.0. The fourth-order valence-electron chi connectivity index (χ4n) is 1.85. The third kappa shape index (κ3) is 5.61. The van der Waals surface area contributed by atoms with Gasteiger partial charge in [-0.2, -0.15) is 0 Å². The minimum absolute atomic E-state index is 0.0163. The van der Waals surface area contributed by atoms with Crippen molar-refractivity contribution in [1.82, 2.24) is 10.6 Å². The lowest BCUT2D eigenvalue weighted by molar-refractivity contribution is -0.121. The van der Waals surface area contributed by atoms with E-state index in [0.717, 1.165) is 17.7 Å². The first-order valence-corrected chi connectivity index (χ1v) is 7.04. The van der Waals surface area contributed by atoms with Crippen LogP contribution in [-0.4, -0.2) is 25.1 Å². The normalized spacial score (nSPS) is 12.8. The fraction of sp³-hybridized carbons (Fsp3) is 0.562. The van der Waals surface area contributed by atoms with Crippen LogP contribution in [0.25, 0.3) is 0 Å². The second-order valence-corrected chi connectivity index (χ2v) is 5.91. The Balaban J connectivity index is 2.59. The second-order valence-electron chi connectivity index (χ2n) is 5.91. The predicted octanol–water partition coefficient (Wildman–Crippen LogP) is 2.65. The lowest BCUT2D eigenvalue weighted by Crippen LogP contribution is -2.44. The molecule has 112 valence electrons. The minimum Gasteiger partial charge on any atom is -0.497 e. The van der Waals surface area contributed by atoms with Crippen molar-refractivity contribution >= 4 is 5.91 Å². The van der Waals surface area contributed by atoms with E-state index in [1.807, 2.05) is 45.0 Å². The van der Waals surface area contributed by atoms with Gasteiger partial charge in [0.05, 0.1) is 19.7 Å². The molecule has 0 bridgehead atoms. The van der Waals surface area contributed by atoms with E-state index in [1.165, 1.54) is 0 Å². The predicted molar refractivity (Wildman–Crippen MR) is 81.9 cm³/mol. The summed E-state index contributed by atoms with van der Waals surface area (Å²) >= 11 is 0. The number of nitrogens with one attached hydrogen (secondary N) is 2. The molecular weight excluding hydrogens is 252 g/mol. The van der Waals surface area contributed by atoms with E-state index < -0.39 is 0 Å². The SMILES string of the molecule is CCC(NC(=O)CNC(C)(C)C)c1ccc(OC)cc1. The van der Waals surface area contributed by atoms with E-state index in [1.54, 1.807) is 7.11 Å². The number of carbonyl (C=O) groups is 1. The van der Waals surface area contributed by atoms with E-state index in [-0.39, 0.29) is 17.5 Å². The summed E-state index contributed by atoms with van der Waals surface area (Å²) in [6, 6.07) is 7.85. The van der Waals surface area contributed by atoms with Crippen molar-refractivity contribution in [1.29, 1.82) is 0 Å². The summed E-state index contributed by atoms with van der Waals surface area (Å²) in [6.07, 6.45) is 0.855. The van der Waals surface area contributed by atoms with Crippen LogP contribution in [0.3, 0.4) is 0 Å². The van der Waals surface area contributed by atoms with Gasteiger partial charge in [0.25, 0.3) is 0 Å². The quantitative estimate of drug-likeness (QED) is 0.841. The Hall–Kier alpha value is -1.55. The zero-order valence-corrected chi connectivity index (χ0v) is 13.1. The molecule has 0 saturated carbocycles. The molecular formula is C16H26N2O2. The van der Waals surface area contributed by atoms with Crippen molar-refractivity contribution in [2.75, 3.05) is 13.7 Å². The molecule has 0 fully saturated rings. The number of rotatable bonds is 6. The van der Waals surface area contributed by atoms with Crippen LogP contribution in [0.4, 0.5) is 0 Å². The Morgan fingerprint density at radius 3 is 2.30 bits per heavy atom. The van der Waals surface area contributed by atoms with Crippen LogP contribution in [0.1, 0.15) is 45.7 Å². The van der Waals surface area contributed by atoms with Crippen molar-refractivity contribution in [2.45, 2.75) is 45.7 Å². The van der Waals surface area contributed by atoms with Gasteiger partial charge in [-0.15, -0.1) is 0 Å². The maximum absolute atomic E-state index is 12.0. The van der Waals surface area contributed by atoms with Gasteiger partial charge in [-0.05, 0) is 44.9 Å². The Bertz CT molecular complexity index is 421. The Kier molecular flexibility index (Phi) is 6.02. The summed E-state index contributed by atoms with van der Waals surface area (Å²) < 4.78 is 5.14. The topological polar surface area (TPSA) is 50.4 Å². The molecule has 4 heteroatoms. The molecule has 0 aliphatic heterocycles. The van der Waals surface area contributed by atoms with Gasteiger partial charge in [-0.3, -0.25) is 4.79 Å². The third-order valence-corrected chi connectivity index (χ3v) is 3.04. The first-order valence-electron chi connectivity index (χ1n) is 7.04. The molecule has 0 aliphatic carbocycles. The number of hydrogen-bond donors (Lipinski definition) is 2. The zero-order valence-electron chi connectivity index (χ0n) is 13.1. The standard InChI is InChI=1S/C16H26N2O2/c1-6-14(12-7-9-13(20-5)10-8-12)18-15(19)11-17-16(2,3)4/h7-10,14,17H,6,11H2,1-5H3,(H,18,19). The highest BCUT2D eigenvalue weighted by Gasteiger charge is 2.15. The fourth-order valence-corrected chi connectivity index (χ4v) is 1.85. The van der Waals surface area contributed by atoms with E-state index >= 15 is 0 Å². The molecule has 0 radical (unpaired) electrons. The lowest BCUT2D eigenvalue weighted by atomic mass is 10.0. The van der Waals surface area contributed by atoms with Crippen molar-refractivity contribution in [3.05, 3.63) is 29.8 Å². The van der Waals surface area contributed by atoms with Gasteiger partial charge in [0, 0.05) is 5.54 Å². The van der Waals surface area contributed by atoms with Crippen LogP contribution in [0.2, 0.25) is 0 Å². The average molecular weight is 278 g/mol. The molecule has 20 heavy (non-hydrogen) atoms. The molecule has 4 nitrogen and oxygen atoms in total. The van der Waals surface area contributed by atoms with Crippen LogP contribution in [-0.2, 0) is 4.79 Å². The Morgan fingerprint density at radius 2 is 1.85 bits per heavy atom. The van der Waals surface area contributed by atoms with Gasteiger partial charge in [-0.25, -0.2) is 0 Å². The average Bonchev–Trinajstić information content (AvgIpc) is 2.42. The molecule has 0 spiro atoms. The van der Waals surface area contributed by atoms with E-state index in [2.05, 4.69) is 17.6 Å². The number of methoxy groups -OCH3 is 1. The molecule has 1 amide bonds. The Morgan fingerprint density at radius 1 is 1.25 bits per heavy atom. The third-order valence-electron chi connectivity index (χ3n) is 3.04. The van der Waals surface area contributed by atoms with E-state index in [4.69, 9.17) is 4.74 Å². The summed E-state index contributed by atoms with van der Waals surface area (Å²) in [4.78, 5) is 12.0. The van der Waals surface area contributed by atoms with Crippen LogP contribution in [0.15, 0.2) is 24.3 Å². The molecule has 2 N–H and O–H groups in total. The number of carbonyl (C=O) groups excluding carboxylic acids is 1. The lowest BCUT2D eigenvalue weighted by Gasteiger charge is -2.22. The van der Waals surface area contributed by atoms with Crippen molar-refractivity contribution < 1.29 is 9.53 Å². The summed E-state index contributed by atoms with van der Waals surface area (Å²) in [5.74, 6) is 0.840. The molecule has 1 aromatic carbocycles. The highest BCUT2D eigenvalue weighted by molar-refractivity contribution is 5.78. The van der Waals surface area contributed by atoms with E-state index in [9.17, 15) is 4.79 Å². The molecule has 1 rings (SSSR count). The van der Waals surface area contributed by atoms with Gasteiger partial charge < -0.3 is 15.4 Å². The molecule has 0 saturated heterocycles. The van der Waals surface area contributed by atoms with Gasteiger partial charge in [0.2, 0.25) is 5.91 Å². The number of hydrogen-bond acceptors (Lipinski definition) is 3. The van der Waals surface area contributed by atoms with E-state index in [0.29, 0.717) is 6.54 Å². The molecule has 0 heterocycles. The number of amides is 1.